The lowest BCUT2D eigenvalue weighted by atomic mass is 9.67. The van der Waals surface area contributed by atoms with E-state index in [2.05, 4.69) is 0 Å². The standard InChI is InChI=1S/C26H46/c1-2-4-10-16-22-17-11-5-6-12-18-23(22)26(21-15-9-3-1)24-19-13-7-8-14-20-25(24)26/h22-25H,1-21H2. The minimum Gasteiger partial charge on any atom is -0.0533 e. The summed E-state index contributed by atoms with van der Waals surface area (Å²) in [5.41, 5.74) is 0.825. The summed E-state index contributed by atoms with van der Waals surface area (Å²) in [5.74, 6) is 4.52. The van der Waals surface area contributed by atoms with E-state index in [1.54, 1.807) is 83.5 Å². The highest BCUT2D eigenvalue weighted by molar-refractivity contribution is 5.14. The van der Waals surface area contributed by atoms with Crippen molar-refractivity contribution in [2.75, 3.05) is 0 Å². The molecule has 4 aliphatic rings. The Morgan fingerprint density at radius 1 is 0.346 bits per heavy atom. The first kappa shape index (κ1) is 19.3. The number of hydrogen-bond donors (Lipinski definition) is 0. The van der Waals surface area contributed by atoms with Crippen molar-refractivity contribution in [3.63, 3.8) is 0 Å². The molecule has 0 heteroatoms. The van der Waals surface area contributed by atoms with E-state index in [1.165, 1.54) is 51.4 Å². The Hall–Kier alpha value is 0. The summed E-state index contributed by atoms with van der Waals surface area (Å²) < 4.78 is 0. The van der Waals surface area contributed by atoms with Crippen LogP contribution in [0.5, 0.6) is 0 Å². The van der Waals surface area contributed by atoms with Gasteiger partial charge in [-0.25, -0.2) is 0 Å². The molecule has 0 radical (unpaired) electrons. The molecule has 4 unspecified atom stereocenters. The van der Waals surface area contributed by atoms with E-state index in [0.717, 1.165) is 29.1 Å². The SMILES string of the molecule is C1CCCCC2CCCCCCC2C2(CCCC1)C1CCCCCCC12. The van der Waals surface area contributed by atoms with E-state index in [-0.39, 0.29) is 0 Å². The molecule has 0 nitrogen and oxygen atoms in total. The molecule has 4 rings (SSSR count). The van der Waals surface area contributed by atoms with Crippen LogP contribution < -0.4 is 0 Å². The Balaban J connectivity index is 1.57. The molecule has 0 saturated heterocycles. The second-order valence-corrected chi connectivity index (χ2v) is 10.7. The van der Waals surface area contributed by atoms with Gasteiger partial charge in [-0.1, -0.05) is 109 Å². The van der Waals surface area contributed by atoms with Crippen molar-refractivity contribution in [1.29, 1.82) is 0 Å². The summed E-state index contributed by atoms with van der Waals surface area (Å²) in [4.78, 5) is 0. The van der Waals surface area contributed by atoms with Gasteiger partial charge in [0.2, 0.25) is 0 Å². The molecule has 150 valence electrons. The summed E-state index contributed by atoms with van der Waals surface area (Å²) >= 11 is 0. The molecule has 0 aromatic heterocycles. The second kappa shape index (κ2) is 9.47. The molecule has 0 aromatic carbocycles. The molecule has 4 aliphatic carbocycles. The van der Waals surface area contributed by atoms with Gasteiger partial charge in [-0.3, -0.25) is 0 Å². The van der Waals surface area contributed by atoms with Gasteiger partial charge in [-0.2, -0.15) is 0 Å². The van der Waals surface area contributed by atoms with Crippen LogP contribution in [-0.2, 0) is 0 Å². The molecule has 0 amide bonds. The molecular formula is C26H46. The third kappa shape index (κ3) is 4.20. The van der Waals surface area contributed by atoms with Gasteiger partial charge in [0.15, 0.2) is 0 Å². The summed E-state index contributed by atoms with van der Waals surface area (Å²) in [6, 6.07) is 0. The molecule has 0 N–H and O–H groups in total. The fraction of sp³-hybridized carbons (Fsp3) is 1.00. The second-order valence-electron chi connectivity index (χ2n) is 10.7. The largest absolute Gasteiger partial charge is 0.0533 e. The molecule has 26 heavy (non-hydrogen) atoms. The average molecular weight is 359 g/mol. The van der Waals surface area contributed by atoms with Crippen molar-refractivity contribution in [1.82, 2.24) is 0 Å². The zero-order valence-electron chi connectivity index (χ0n) is 17.7. The van der Waals surface area contributed by atoms with Crippen molar-refractivity contribution in [3.8, 4) is 0 Å². The third-order valence-electron chi connectivity index (χ3n) is 9.32. The van der Waals surface area contributed by atoms with Crippen LogP contribution in [0.25, 0.3) is 0 Å². The quantitative estimate of drug-likeness (QED) is 0.406. The Labute approximate surface area is 164 Å². The van der Waals surface area contributed by atoms with E-state index in [4.69, 9.17) is 0 Å². The van der Waals surface area contributed by atoms with E-state index in [0.29, 0.717) is 0 Å². The first-order valence-corrected chi connectivity index (χ1v) is 12.9. The maximum Gasteiger partial charge on any atom is -0.0204 e. The fourth-order valence-electron chi connectivity index (χ4n) is 8.09. The first-order valence-electron chi connectivity index (χ1n) is 12.9. The summed E-state index contributed by atoms with van der Waals surface area (Å²) in [5, 5.41) is 0. The molecule has 0 bridgehead atoms. The van der Waals surface area contributed by atoms with Crippen LogP contribution in [-0.4, -0.2) is 0 Å². The van der Waals surface area contributed by atoms with Crippen LogP contribution >= 0.6 is 0 Å². The van der Waals surface area contributed by atoms with Gasteiger partial charge in [0.25, 0.3) is 0 Å². The van der Waals surface area contributed by atoms with Crippen LogP contribution in [0.3, 0.4) is 0 Å². The summed E-state index contributed by atoms with van der Waals surface area (Å²) in [6.45, 7) is 0. The van der Waals surface area contributed by atoms with Gasteiger partial charge in [-0.05, 0) is 54.8 Å². The summed E-state index contributed by atoms with van der Waals surface area (Å²) in [7, 11) is 0. The minimum absolute atomic E-state index is 0.825. The van der Waals surface area contributed by atoms with Crippen molar-refractivity contribution in [3.05, 3.63) is 0 Å². The predicted octanol–water partition coefficient (Wildman–Crippen LogP) is 8.68. The monoisotopic (exact) mass is 358 g/mol. The van der Waals surface area contributed by atoms with E-state index < -0.39 is 0 Å². The highest BCUT2D eigenvalue weighted by atomic mass is 14.7. The highest BCUT2D eigenvalue weighted by Crippen LogP contribution is 2.72. The summed E-state index contributed by atoms with van der Waals surface area (Å²) in [6.07, 6.45) is 32.7. The normalized spacial score (nSPS) is 43.4. The van der Waals surface area contributed by atoms with Gasteiger partial charge >= 0.3 is 0 Å². The van der Waals surface area contributed by atoms with Gasteiger partial charge in [0.05, 0.1) is 0 Å². The molecule has 0 aliphatic heterocycles. The van der Waals surface area contributed by atoms with Crippen molar-refractivity contribution < 1.29 is 0 Å². The fourth-order valence-corrected chi connectivity index (χ4v) is 8.09. The van der Waals surface area contributed by atoms with Crippen LogP contribution in [0.15, 0.2) is 0 Å². The number of fused-ring (bicyclic) bond motifs is 5. The smallest absolute Gasteiger partial charge is 0.0204 e. The molecule has 4 fully saturated rings. The molecule has 0 heterocycles. The maximum absolute atomic E-state index is 1.63. The first-order chi connectivity index (χ1) is 12.9. The topological polar surface area (TPSA) is 0 Å². The molecule has 0 aromatic rings. The minimum atomic E-state index is 0.825. The molecular weight excluding hydrogens is 312 g/mol. The van der Waals surface area contributed by atoms with Gasteiger partial charge < -0.3 is 0 Å². The van der Waals surface area contributed by atoms with Gasteiger partial charge in [0, 0.05) is 0 Å². The zero-order valence-corrected chi connectivity index (χ0v) is 17.7. The third-order valence-corrected chi connectivity index (χ3v) is 9.32. The van der Waals surface area contributed by atoms with E-state index in [9.17, 15) is 0 Å². The number of hydrogen-bond acceptors (Lipinski definition) is 0. The lowest BCUT2D eigenvalue weighted by Crippen LogP contribution is -2.29. The van der Waals surface area contributed by atoms with Crippen molar-refractivity contribution in [2.45, 2.75) is 135 Å². The predicted molar refractivity (Wildman–Crippen MR) is 113 cm³/mol. The Morgan fingerprint density at radius 2 is 0.731 bits per heavy atom. The Kier molecular flexibility index (Phi) is 7.04. The zero-order chi connectivity index (χ0) is 17.7. The van der Waals surface area contributed by atoms with Gasteiger partial charge in [-0.15, -0.1) is 0 Å². The van der Waals surface area contributed by atoms with Gasteiger partial charge in [0.1, 0.15) is 0 Å². The molecule has 4 saturated carbocycles. The highest BCUT2D eigenvalue weighted by Gasteiger charge is 2.66. The van der Waals surface area contributed by atoms with Crippen LogP contribution in [0.2, 0.25) is 0 Å². The molecule has 1 spiro atoms. The Morgan fingerprint density at radius 3 is 1.27 bits per heavy atom. The van der Waals surface area contributed by atoms with Crippen molar-refractivity contribution in [2.24, 2.45) is 29.1 Å². The Bertz CT molecular complexity index is 396. The van der Waals surface area contributed by atoms with Crippen molar-refractivity contribution >= 4 is 0 Å². The van der Waals surface area contributed by atoms with Crippen LogP contribution in [0, 0.1) is 29.1 Å². The number of rotatable bonds is 0. The lowest BCUT2D eigenvalue weighted by molar-refractivity contribution is 0.114. The van der Waals surface area contributed by atoms with E-state index >= 15 is 0 Å². The van der Waals surface area contributed by atoms with Crippen LogP contribution in [0.4, 0.5) is 0 Å². The van der Waals surface area contributed by atoms with Crippen LogP contribution in [0.1, 0.15) is 135 Å². The maximum atomic E-state index is 1.63. The lowest BCUT2D eigenvalue weighted by Gasteiger charge is -2.38. The average Bonchev–Trinajstić information content (AvgIpc) is 3.18. The molecule has 4 atom stereocenters. The van der Waals surface area contributed by atoms with E-state index in [1.807, 2.05) is 0 Å².